The summed E-state index contributed by atoms with van der Waals surface area (Å²) in [6, 6.07) is 2.51. The molecule has 1 saturated carbocycles. The van der Waals surface area contributed by atoms with Crippen LogP contribution in [0.1, 0.15) is 44.6 Å². The molecule has 1 aromatic rings. The lowest BCUT2D eigenvalue weighted by Gasteiger charge is -2.35. The number of hydrogen-bond donors (Lipinski definition) is 1. The third-order valence-corrected chi connectivity index (χ3v) is 4.79. The molecule has 0 bridgehead atoms. The predicted molar refractivity (Wildman–Crippen MR) is 82.3 cm³/mol. The van der Waals surface area contributed by atoms with Crippen molar-refractivity contribution in [3.8, 4) is 0 Å². The molecule has 0 saturated heterocycles. The predicted octanol–water partition coefficient (Wildman–Crippen LogP) is 3.74. The third-order valence-electron chi connectivity index (χ3n) is 4.36. The molecule has 3 nitrogen and oxygen atoms in total. The molecule has 1 N–H and O–H groups in total. The first-order valence-corrected chi connectivity index (χ1v) is 7.93. The maximum atomic E-state index is 9.48. The summed E-state index contributed by atoms with van der Waals surface area (Å²) in [4.78, 5) is 6.74. The topological polar surface area (TPSA) is 36.4 Å². The molecule has 0 atom stereocenters. The summed E-state index contributed by atoms with van der Waals surface area (Å²) in [5.74, 6) is 1.82. The highest BCUT2D eigenvalue weighted by Gasteiger charge is 2.24. The Labute approximate surface area is 124 Å². The van der Waals surface area contributed by atoms with E-state index in [1.807, 2.05) is 12.3 Å². The number of anilines is 1. The number of hydrogen-bond acceptors (Lipinski definition) is 3. The summed E-state index contributed by atoms with van der Waals surface area (Å²) in [6.07, 6.45) is 8.21. The minimum absolute atomic E-state index is 0.0381. The van der Waals surface area contributed by atoms with Crippen LogP contribution in [-0.4, -0.2) is 23.2 Å². The zero-order valence-corrected chi connectivity index (χ0v) is 13.4. The molecular weight excluding hydrogens is 304 g/mol. The van der Waals surface area contributed by atoms with Gasteiger partial charge in [-0.05, 0) is 53.6 Å². The molecule has 0 radical (unpaired) electrons. The van der Waals surface area contributed by atoms with E-state index < -0.39 is 0 Å². The summed E-state index contributed by atoms with van der Waals surface area (Å²) >= 11 is 3.41. The lowest BCUT2D eigenvalue weighted by Crippen LogP contribution is -2.36. The Bertz CT molecular complexity index is 417. The van der Waals surface area contributed by atoms with Gasteiger partial charge in [0.1, 0.15) is 5.82 Å². The molecular formula is C15H23BrN2O. The summed E-state index contributed by atoms with van der Waals surface area (Å²) in [6.45, 7) is 2.32. The maximum Gasteiger partial charge on any atom is 0.134 e. The molecule has 106 valence electrons. The average molecular weight is 327 g/mol. The zero-order valence-electron chi connectivity index (χ0n) is 11.8. The molecule has 1 aliphatic rings. The van der Waals surface area contributed by atoms with E-state index in [0.29, 0.717) is 6.04 Å². The second-order valence-electron chi connectivity index (χ2n) is 5.49. The number of aliphatic hydroxyl groups excluding tert-OH is 1. The van der Waals surface area contributed by atoms with Gasteiger partial charge in [-0.2, -0.15) is 0 Å². The van der Waals surface area contributed by atoms with Gasteiger partial charge in [-0.15, -0.1) is 0 Å². The molecule has 0 unspecified atom stereocenters. The van der Waals surface area contributed by atoms with E-state index in [1.54, 1.807) is 0 Å². The molecule has 1 aliphatic carbocycles. The van der Waals surface area contributed by atoms with Crippen LogP contribution in [-0.2, 0) is 6.61 Å². The van der Waals surface area contributed by atoms with Crippen LogP contribution in [0.4, 0.5) is 5.82 Å². The van der Waals surface area contributed by atoms with Crippen molar-refractivity contribution in [2.75, 3.05) is 11.9 Å². The second kappa shape index (κ2) is 6.71. The first-order chi connectivity index (χ1) is 9.15. The lowest BCUT2D eigenvalue weighted by molar-refractivity contribution is 0.279. The Hall–Kier alpha value is -0.610. The largest absolute Gasteiger partial charge is 0.392 e. The van der Waals surface area contributed by atoms with Crippen LogP contribution >= 0.6 is 15.9 Å². The average Bonchev–Trinajstić information content (AvgIpc) is 2.46. The fourth-order valence-electron chi connectivity index (χ4n) is 3.02. The van der Waals surface area contributed by atoms with Crippen molar-refractivity contribution in [1.82, 2.24) is 4.98 Å². The van der Waals surface area contributed by atoms with Gasteiger partial charge in [0.2, 0.25) is 0 Å². The smallest absolute Gasteiger partial charge is 0.134 e. The number of aliphatic hydroxyl groups is 1. The molecule has 1 aromatic heterocycles. The molecule has 0 aliphatic heterocycles. The Balaban J connectivity index is 2.09. The molecule has 1 heterocycles. The molecule has 1 fully saturated rings. The standard InChI is InChI=1S/C15H23BrN2O/c1-3-11-4-6-14(7-5-11)18(2)15-12(10-19)8-13(16)9-17-15/h8-9,11,14,19H,3-7,10H2,1-2H3. The molecule has 19 heavy (non-hydrogen) atoms. The van der Waals surface area contributed by atoms with Crippen LogP contribution in [0.15, 0.2) is 16.7 Å². The van der Waals surface area contributed by atoms with Gasteiger partial charge in [-0.3, -0.25) is 0 Å². The van der Waals surface area contributed by atoms with Crippen molar-refractivity contribution in [2.45, 2.75) is 51.7 Å². The molecule has 0 amide bonds. The van der Waals surface area contributed by atoms with Gasteiger partial charge in [0.25, 0.3) is 0 Å². The quantitative estimate of drug-likeness (QED) is 0.915. The Kier molecular flexibility index (Phi) is 5.22. The first-order valence-electron chi connectivity index (χ1n) is 7.13. The SMILES string of the molecule is CCC1CCC(N(C)c2ncc(Br)cc2CO)CC1. The normalized spacial score (nSPS) is 23.4. The van der Waals surface area contributed by atoms with Crippen molar-refractivity contribution in [3.63, 3.8) is 0 Å². The minimum atomic E-state index is 0.0381. The minimum Gasteiger partial charge on any atom is -0.392 e. The fraction of sp³-hybridized carbons (Fsp3) is 0.667. The summed E-state index contributed by atoms with van der Waals surface area (Å²) in [5.41, 5.74) is 0.898. The number of pyridine rings is 1. The van der Waals surface area contributed by atoms with Crippen LogP contribution in [0, 0.1) is 5.92 Å². The highest BCUT2D eigenvalue weighted by atomic mass is 79.9. The van der Waals surface area contributed by atoms with Crippen LogP contribution in [0.2, 0.25) is 0 Å². The van der Waals surface area contributed by atoms with Crippen LogP contribution < -0.4 is 4.90 Å². The van der Waals surface area contributed by atoms with Gasteiger partial charge in [0.15, 0.2) is 0 Å². The van der Waals surface area contributed by atoms with E-state index in [-0.39, 0.29) is 6.61 Å². The highest BCUT2D eigenvalue weighted by Crippen LogP contribution is 2.32. The number of aromatic nitrogens is 1. The van der Waals surface area contributed by atoms with Crippen LogP contribution in [0.3, 0.4) is 0 Å². The van der Waals surface area contributed by atoms with Crippen molar-refractivity contribution >= 4 is 21.7 Å². The molecule has 0 spiro atoms. The molecule has 2 rings (SSSR count). The van der Waals surface area contributed by atoms with E-state index in [4.69, 9.17) is 0 Å². The number of nitrogens with zero attached hydrogens (tertiary/aromatic N) is 2. The van der Waals surface area contributed by atoms with Gasteiger partial charge in [0.05, 0.1) is 6.61 Å². The molecule has 0 aromatic carbocycles. The van der Waals surface area contributed by atoms with Crippen molar-refractivity contribution in [3.05, 3.63) is 22.3 Å². The maximum absolute atomic E-state index is 9.48. The van der Waals surface area contributed by atoms with E-state index in [0.717, 1.165) is 21.8 Å². The van der Waals surface area contributed by atoms with Gasteiger partial charge < -0.3 is 10.0 Å². The Morgan fingerprint density at radius 1 is 1.37 bits per heavy atom. The zero-order chi connectivity index (χ0) is 13.8. The lowest BCUT2D eigenvalue weighted by atomic mass is 9.84. The highest BCUT2D eigenvalue weighted by molar-refractivity contribution is 9.10. The van der Waals surface area contributed by atoms with Gasteiger partial charge in [0, 0.05) is 29.3 Å². The number of rotatable bonds is 4. The summed E-state index contributed by atoms with van der Waals surface area (Å²) in [5, 5.41) is 9.48. The summed E-state index contributed by atoms with van der Waals surface area (Å²) < 4.78 is 0.920. The van der Waals surface area contributed by atoms with Crippen LogP contribution in [0.5, 0.6) is 0 Å². The van der Waals surface area contributed by atoms with E-state index in [2.05, 4.69) is 39.8 Å². The Morgan fingerprint density at radius 2 is 2.05 bits per heavy atom. The van der Waals surface area contributed by atoms with Crippen molar-refractivity contribution in [2.24, 2.45) is 5.92 Å². The van der Waals surface area contributed by atoms with E-state index in [1.165, 1.54) is 32.1 Å². The van der Waals surface area contributed by atoms with Gasteiger partial charge >= 0.3 is 0 Å². The monoisotopic (exact) mass is 326 g/mol. The fourth-order valence-corrected chi connectivity index (χ4v) is 3.40. The third kappa shape index (κ3) is 3.48. The second-order valence-corrected chi connectivity index (χ2v) is 6.40. The molecule has 4 heteroatoms. The van der Waals surface area contributed by atoms with Gasteiger partial charge in [-0.25, -0.2) is 4.98 Å². The Morgan fingerprint density at radius 3 is 2.63 bits per heavy atom. The van der Waals surface area contributed by atoms with Crippen molar-refractivity contribution in [1.29, 1.82) is 0 Å². The van der Waals surface area contributed by atoms with E-state index in [9.17, 15) is 5.11 Å². The first kappa shape index (κ1) is 14.8. The van der Waals surface area contributed by atoms with Crippen LogP contribution in [0.25, 0.3) is 0 Å². The van der Waals surface area contributed by atoms with Crippen molar-refractivity contribution < 1.29 is 5.11 Å². The summed E-state index contributed by atoms with van der Waals surface area (Å²) in [7, 11) is 2.10. The number of halogens is 1. The van der Waals surface area contributed by atoms with Gasteiger partial charge in [-0.1, -0.05) is 13.3 Å². The van der Waals surface area contributed by atoms with E-state index >= 15 is 0 Å².